The van der Waals surface area contributed by atoms with E-state index in [1.165, 1.54) is 38.8 Å². The van der Waals surface area contributed by atoms with Gasteiger partial charge in [0.05, 0.1) is 0 Å². The van der Waals surface area contributed by atoms with Crippen LogP contribution < -0.4 is 5.32 Å². The fraction of sp³-hybridized carbons (Fsp3) is 1.00. The van der Waals surface area contributed by atoms with Gasteiger partial charge in [-0.1, -0.05) is 19.8 Å². The molecule has 0 saturated carbocycles. The molecule has 74 valence electrons. The highest BCUT2D eigenvalue weighted by Gasteiger charge is 1.91. The van der Waals surface area contributed by atoms with Crippen LogP contribution in [0.4, 0.5) is 0 Å². The first-order valence-electron chi connectivity index (χ1n) is 5.12. The molecule has 0 aliphatic carbocycles. The van der Waals surface area contributed by atoms with Gasteiger partial charge in [-0.25, -0.2) is 0 Å². The Labute approximate surface area is 77.3 Å². The van der Waals surface area contributed by atoms with Crippen LogP contribution in [0.5, 0.6) is 0 Å². The Morgan fingerprint density at radius 1 is 1.00 bits per heavy atom. The second-order valence-corrected chi connectivity index (χ2v) is 3.57. The SMILES string of the molecule is CCNCCCCCCN(C)C. The first kappa shape index (κ1) is 11.9. The second kappa shape index (κ2) is 9.01. The molecule has 0 heterocycles. The van der Waals surface area contributed by atoms with Crippen LogP contribution in [0.3, 0.4) is 0 Å². The summed E-state index contributed by atoms with van der Waals surface area (Å²) in [5.74, 6) is 0. The molecular weight excluding hydrogens is 148 g/mol. The van der Waals surface area contributed by atoms with E-state index in [0.717, 1.165) is 6.54 Å². The predicted octanol–water partition coefficient (Wildman–Crippen LogP) is 1.72. The summed E-state index contributed by atoms with van der Waals surface area (Å²) in [6.07, 6.45) is 5.44. The number of nitrogens with zero attached hydrogens (tertiary/aromatic N) is 1. The highest BCUT2D eigenvalue weighted by atomic mass is 15.0. The largest absolute Gasteiger partial charge is 0.317 e. The van der Waals surface area contributed by atoms with Crippen LogP contribution in [-0.2, 0) is 0 Å². The zero-order chi connectivity index (χ0) is 9.23. The van der Waals surface area contributed by atoms with Crippen molar-refractivity contribution in [2.24, 2.45) is 0 Å². The van der Waals surface area contributed by atoms with Crippen LogP contribution in [0, 0.1) is 0 Å². The highest BCUT2D eigenvalue weighted by Crippen LogP contribution is 1.99. The van der Waals surface area contributed by atoms with Gasteiger partial charge in [0.25, 0.3) is 0 Å². The molecule has 0 radical (unpaired) electrons. The van der Waals surface area contributed by atoms with Gasteiger partial charge in [-0.15, -0.1) is 0 Å². The number of hydrogen-bond donors (Lipinski definition) is 1. The summed E-state index contributed by atoms with van der Waals surface area (Å²) in [7, 11) is 4.28. The van der Waals surface area contributed by atoms with Gasteiger partial charge in [0.15, 0.2) is 0 Å². The van der Waals surface area contributed by atoms with E-state index in [0.29, 0.717) is 0 Å². The first-order valence-corrected chi connectivity index (χ1v) is 5.12. The zero-order valence-corrected chi connectivity index (χ0v) is 8.90. The van der Waals surface area contributed by atoms with E-state index in [4.69, 9.17) is 0 Å². The Morgan fingerprint density at radius 2 is 1.67 bits per heavy atom. The van der Waals surface area contributed by atoms with Crippen LogP contribution in [0.25, 0.3) is 0 Å². The Hall–Kier alpha value is -0.0800. The molecule has 0 atom stereocenters. The van der Waals surface area contributed by atoms with Crippen LogP contribution in [0.15, 0.2) is 0 Å². The number of hydrogen-bond acceptors (Lipinski definition) is 2. The van der Waals surface area contributed by atoms with E-state index in [2.05, 4.69) is 31.2 Å². The molecule has 0 amide bonds. The molecule has 0 saturated heterocycles. The second-order valence-electron chi connectivity index (χ2n) is 3.57. The van der Waals surface area contributed by atoms with Crippen LogP contribution >= 0.6 is 0 Å². The molecule has 2 heteroatoms. The third kappa shape index (κ3) is 9.92. The minimum absolute atomic E-state index is 1.11. The molecule has 0 spiro atoms. The van der Waals surface area contributed by atoms with E-state index in [9.17, 15) is 0 Å². The molecule has 0 bridgehead atoms. The van der Waals surface area contributed by atoms with Crippen molar-refractivity contribution < 1.29 is 0 Å². The molecule has 0 fully saturated rings. The van der Waals surface area contributed by atoms with Gasteiger partial charge >= 0.3 is 0 Å². The van der Waals surface area contributed by atoms with E-state index < -0.39 is 0 Å². The van der Waals surface area contributed by atoms with Gasteiger partial charge in [-0.05, 0) is 46.6 Å². The molecule has 12 heavy (non-hydrogen) atoms. The lowest BCUT2D eigenvalue weighted by Crippen LogP contribution is -2.14. The summed E-state index contributed by atoms with van der Waals surface area (Å²) >= 11 is 0. The van der Waals surface area contributed by atoms with Crippen molar-refractivity contribution >= 4 is 0 Å². The summed E-state index contributed by atoms with van der Waals surface area (Å²) in [6, 6.07) is 0. The van der Waals surface area contributed by atoms with E-state index in [1.54, 1.807) is 0 Å². The van der Waals surface area contributed by atoms with Crippen LogP contribution in [0.1, 0.15) is 32.6 Å². The zero-order valence-electron chi connectivity index (χ0n) is 8.90. The van der Waals surface area contributed by atoms with Gasteiger partial charge < -0.3 is 10.2 Å². The predicted molar refractivity (Wildman–Crippen MR) is 55.6 cm³/mol. The maximum Gasteiger partial charge on any atom is -0.00248 e. The Morgan fingerprint density at radius 3 is 2.25 bits per heavy atom. The lowest BCUT2D eigenvalue weighted by Gasteiger charge is -2.08. The number of nitrogens with one attached hydrogen (secondary N) is 1. The summed E-state index contributed by atoms with van der Waals surface area (Å²) in [6.45, 7) is 5.70. The smallest absolute Gasteiger partial charge is 0.00248 e. The summed E-state index contributed by atoms with van der Waals surface area (Å²) in [5.41, 5.74) is 0. The summed E-state index contributed by atoms with van der Waals surface area (Å²) < 4.78 is 0. The molecule has 0 aliphatic heterocycles. The van der Waals surface area contributed by atoms with Crippen molar-refractivity contribution in [1.29, 1.82) is 0 Å². The molecule has 0 rings (SSSR count). The first-order chi connectivity index (χ1) is 5.77. The third-order valence-corrected chi connectivity index (χ3v) is 1.96. The average Bonchev–Trinajstić information content (AvgIpc) is 2.02. The molecule has 2 nitrogen and oxygen atoms in total. The minimum atomic E-state index is 1.11. The molecular formula is C10H24N2. The van der Waals surface area contributed by atoms with Crippen LogP contribution in [-0.4, -0.2) is 38.6 Å². The highest BCUT2D eigenvalue weighted by molar-refractivity contribution is 4.49. The molecule has 0 aromatic heterocycles. The molecule has 0 aromatic rings. The normalized spacial score (nSPS) is 11.0. The number of unbranched alkanes of at least 4 members (excludes halogenated alkanes) is 3. The maximum absolute atomic E-state index is 3.34. The van der Waals surface area contributed by atoms with Crippen LogP contribution in [0.2, 0.25) is 0 Å². The Bertz CT molecular complexity index is 81.9. The standard InChI is InChI=1S/C10H24N2/c1-4-11-9-7-5-6-8-10-12(2)3/h11H,4-10H2,1-3H3. The number of rotatable bonds is 8. The fourth-order valence-electron chi connectivity index (χ4n) is 1.21. The maximum atomic E-state index is 3.34. The van der Waals surface area contributed by atoms with Crippen molar-refractivity contribution in [2.75, 3.05) is 33.7 Å². The van der Waals surface area contributed by atoms with Crippen molar-refractivity contribution in [3.8, 4) is 0 Å². The quantitative estimate of drug-likeness (QED) is 0.561. The van der Waals surface area contributed by atoms with E-state index in [1.807, 2.05) is 0 Å². The average molecular weight is 172 g/mol. The topological polar surface area (TPSA) is 15.3 Å². The minimum Gasteiger partial charge on any atom is -0.317 e. The Kier molecular flexibility index (Phi) is 8.95. The third-order valence-electron chi connectivity index (χ3n) is 1.96. The lowest BCUT2D eigenvalue weighted by molar-refractivity contribution is 0.390. The monoisotopic (exact) mass is 172 g/mol. The molecule has 1 N–H and O–H groups in total. The van der Waals surface area contributed by atoms with Gasteiger partial charge in [-0.2, -0.15) is 0 Å². The van der Waals surface area contributed by atoms with Crippen molar-refractivity contribution in [3.05, 3.63) is 0 Å². The lowest BCUT2D eigenvalue weighted by atomic mass is 10.2. The molecule has 0 unspecified atom stereocenters. The van der Waals surface area contributed by atoms with Gasteiger partial charge in [0.2, 0.25) is 0 Å². The summed E-state index contributed by atoms with van der Waals surface area (Å²) in [4.78, 5) is 2.25. The van der Waals surface area contributed by atoms with Gasteiger partial charge in [0, 0.05) is 0 Å². The van der Waals surface area contributed by atoms with Gasteiger partial charge in [0.1, 0.15) is 0 Å². The molecule has 0 aromatic carbocycles. The summed E-state index contributed by atoms with van der Waals surface area (Å²) in [5, 5.41) is 3.34. The molecule has 0 aliphatic rings. The Balaban J connectivity index is 2.82. The fourth-order valence-corrected chi connectivity index (χ4v) is 1.21. The van der Waals surface area contributed by atoms with E-state index in [-0.39, 0.29) is 0 Å². The van der Waals surface area contributed by atoms with Gasteiger partial charge in [-0.3, -0.25) is 0 Å². The van der Waals surface area contributed by atoms with Crippen molar-refractivity contribution in [1.82, 2.24) is 10.2 Å². The van der Waals surface area contributed by atoms with Crippen molar-refractivity contribution in [2.45, 2.75) is 32.6 Å². The van der Waals surface area contributed by atoms with E-state index >= 15 is 0 Å². The van der Waals surface area contributed by atoms with Crippen molar-refractivity contribution in [3.63, 3.8) is 0 Å².